The molecular formula is C15H20F12. The zero-order chi connectivity index (χ0) is 21.7. The van der Waals surface area contributed by atoms with Gasteiger partial charge in [0.25, 0.3) is 0 Å². The molecule has 0 N–H and O–H groups in total. The number of rotatable bonds is 13. The topological polar surface area (TPSA) is 0 Å². The fourth-order valence-corrected chi connectivity index (χ4v) is 2.23. The van der Waals surface area contributed by atoms with E-state index in [1.165, 1.54) is 0 Å². The maximum atomic E-state index is 13.5. The lowest BCUT2D eigenvalue weighted by Gasteiger charge is -2.39. The van der Waals surface area contributed by atoms with E-state index in [0.29, 0.717) is 6.42 Å². The van der Waals surface area contributed by atoms with Gasteiger partial charge in [0.1, 0.15) is 0 Å². The molecular weight excluding hydrogens is 408 g/mol. The van der Waals surface area contributed by atoms with Crippen LogP contribution in [0.5, 0.6) is 0 Å². The second-order valence-corrected chi connectivity index (χ2v) is 6.22. The summed E-state index contributed by atoms with van der Waals surface area (Å²) in [6.07, 6.45) is -5.08. The minimum atomic E-state index is -7.41. The third-order valence-corrected chi connectivity index (χ3v) is 4.04. The molecule has 0 saturated heterocycles. The van der Waals surface area contributed by atoms with Crippen molar-refractivity contribution in [3.63, 3.8) is 0 Å². The summed E-state index contributed by atoms with van der Waals surface area (Å²) in [5, 5.41) is 0. The van der Waals surface area contributed by atoms with Crippen molar-refractivity contribution < 1.29 is 52.7 Å². The largest absolute Gasteiger partial charge is 0.384 e. The highest BCUT2D eigenvalue weighted by Gasteiger charge is 2.87. The van der Waals surface area contributed by atoms with Crippen molar-refractivity contribution in [2.75, 3.05) is 0 Å². The van der Waals surface area contributed by atoms with Gasteiger partial charge in [-0.2, -0.15) is 43.9 Å². The molecule has 0 bridgehead atoms. The van der Waals surface area contributed by atoms with Gasteiger partial charge < -0.3 is 0 Å². The lowest BCUT2D eigenvalue weighted by atomic mass is 9.91. The maximum Gasteiger partial charge on any atom is 0.384 e. The molecule has 0 atom stereocenters. The van der Waals surface area contributed by atoms with Gasteiger partial charge in [0.15, 0.2) is 0 Å². The summed E-state index contributed by atoms with van der Waals surface area (Å²) in [6.45, 7) is 1.89. The van der Waals surface area contributed by atoms with Crippen LogP contribution in [0.1, 0.15) is 58.3 Å². The van der Waals surface area contributed by atoms with Gasteiger partial charge >= 0.3 is 36.0 Å². The molecule has 0 rings (SSSR count). The highest BCUT2D eigenvalue weighted by Crippen LogP contribution is 2.58. The van der Waals surface area contributed by atoms with Crippen LogP contribution in [0.4, 0.5) is 52.7 Å². The molecule has 0 aromatic carbocycles. The van der Waals surface area contributed by atoms with Crippen molar-refractivity contribution in [3.05, 3.63) is 0 Å². The molecule has 0 nitrogen and oxygen atoms in total. The molecule has 0 radical (unpaired) electrons. The molecule has 0 aliphatic heterocycles. The first kappa shape index (κ1) is 26.2. The van der Waals surface area contributed by atoms with Crippen molar-refractivity contribution in [1.29, 1.82) is 0 Å². The van der Waals surface area contributed by atoms with Crippen LogP contribution in [0.25, 0.3) is 0 Å². The second-order valence-electron chi connectivity index (χ2n) is 6.22. The Hall–Kier alpha value is -0.840. The van der Waals surface area contributed by atoms with Gasteiger partial charge in [0, 0.05) is 6.42 Å². The molecule has 12 heteroatoms. The minimum absolute atomic E-state index is 0.107. The van der Waals surface area contributed by atoms with E-state index < -0.39 is 48.9 Å². The number of hydrogen-bond donors (Lipinski definition) is 0. The fourth-order valence-electron chi connectivity index (χ4n) is 2.23. The van der Waals surface area contributed by atoms with Crippen molar-refractivity contribution in [2.24, 2.45) is 0 Å². The number of alkyl halides is 12. The van der Waals surface area contributed by atoms with Crippen LogP contribution in [0.2, 0.25) is 0 Å². The van der Waals surface area contributed by atoms with Crippen LogP contribution >= 0.6 is 0 Å². The molecule has 0 amide bonds. The maximum absolute atomic E-state index is 13.5. The summed E-state index contributed by atoms with van der Waals surface area (Å²) in [5.41, 5.74) is 0. The summed E-state index contributed by atoms with van der Waals surface area (Å²) < 4.78 is 155. The SMILES string of the molecule is CCCCCCCCCC(F)(F)C(F)(F)C(F)(F)C(F)(F)C(F)(F)C(F)F. The van der Waals surface area contributed by atoms with E-state index in [2.05, 4.69) is 0 Å². The standard InChI is InChI=1S/C15H20F12/c1-2-3-4-5-6-7-8-9-11(18,19)13(22,23)15(26,27)14(24,25)12(20,21)10(16)17/h10H,2-9H2,1H3. The van der Waals surface area contributed by atoms with Crippen LogP contribution in [0, 0.1) is 0 Å². The quantitative estimate of drug-likeness (QED) is 0.210. The first-order chi connectivity index (χ1) is 12.0. The Labute approximate surface area is 148 Å². The zero-order valence-corrected chi connectivity index (χ0v) is 14.3. The third kappa shape index (κ3) is 5.16. The smallest absolute Gasteiger partial charge is 0.203 e. The van der Waals surface area contributed by atoms with E-state index >= 15 is 0 Å². The highest BCUT2D eigenvalue weighted by molar-refractivity contribution is 5.08. The number of unbranched alkanes of at least 4 members (excludes halogenated alkanes) is 6. The molecule has 27 heavy (non-hydrogen) atoms. The average Bonchev–Trinajstić information content (AvgIpc) is 2.52. The molecule has 0 unspecified atom stereocenters. The Morgan fingerprint density at radius 2 is 0.963 bits per heavy atom. The molecule has 0 aliphatic rings. The molecule has 164 valence electrons. The Kier molecular flexibility index (Phi) is 8.82. The first-order valence-corrected chi connectivity index (χ1v) is 8.18. The normalized spacial score (nSPS) is 14.9. The van der Waals surface area contributed by atoms with Crippen LogP contribution in [-0.4, -0.2) is 36.0 Å². The lowest BCUT2D eigenvalue weighted by Crippen LogP contribution is -2.68. The summed E-state index contributed by atoms with van der Waals surface area (Å²) >= 11 is 0. The van der Waals surface area contributed by atoms with E-state index in [0.717, 1.165) is 19.3 Å². The third-order valence-electron chi connectivity index (χ3n) is 4.04. The van der Waals surface area contributed by atoms with Crippen molar-refractivity contribution >= 4 is 0 Å². The summed E-state index contributed by atoms with van der Waals surface area (Å²) in [6, 6.07) is 0. The van der Waals surface area contributed by atoms with Gasteiger partial charge in [-0.15, -0.1) is 0 Å². The molecule has 0 saturated carbocycles. The van der Waals surface area contributed by atoms with E-state index in [4.69, 9.17) is 0 Å². The summed E-state index contributed by atoms with van der Waals surface area (Å²) in [4.78, 5) is 0. The van der Waals surface area contributed by atoms with Crippen LogP contribution in [-0.2, 0) is 0 Å². The fraction of sp³-hybridized carbons (Fsp3) is 1.00. The highest BCUT2D eigenvalue weighted by atomic mass is 19.4. The predicted molar refractivity (Wildman–Crippen MR) is 73.3 cm³/mol. The van der Waals surface area contributed by atoms with Crippen LogP contribution < -0.4 is 0 Å². The molecule has 0 aliphatic carbocycles. The van der Waals surface area contributed by atoms with Gasteiger partial charge in [-0.25, -0.2) is 8.78 Å². The van der Waals surface area contributed by atoms with Crippen molar-refractivity contribution in [1.82, 2.24) is 0 Å². The molecule has 0 heterocycles. The molecule has 0 aromatic rings. The van der Waals surface area contributed by atoms with Gasteiger partial charge in [-0.1, -0.05) is 45.4 Å². The van der Waals surface area contributed by atoms with E-state index in [1.807, 2.05) is 6.92 Å². The second kappa shape index (κ2) is 9.11. The van der Waals surface area contributed by atoms with E-state index in [1.54, 1.807) is 0 Å². The Bertz CT molecular complexity index is 444. The van der Waals surface area contributed by atoms with E-state index in [9.17, 15) is 52.7 Å². The van der Waals surface area contributed by atoms with Gasteiger partial charge in [-0.3, -0.25) is 0 Å². The Morgan fingerprint density at radius 3 is 1.37 bits per heavy atom. The van der Waals surface area contributed by atoms with Crippen LogP contribution in [0.3, 0.4) is 0 Å². The predicted octanol–water partition coefficient (Wildman–Crippen LogP) is 7.57. The summed E-state index contributed by atoms with van der Waals surface area (Å²) in [5.74, 6) is -34.5. The number of halogens is 12. The molecule has 0 aromatic heterocycles. The van der Waals surface area contributed by atoms with E-state index in [-0.39, 0.29) is 12.8 Å². The first-order valence-electron chi connectivity index (χ1n) is 8.18. The Morgan fingerprint density at radius 1 is 0.556 bits per heavy atom. The monoisotopic (exact) mass is 428 g/mol. The Balaban J connectivity index is 5.21. The lowest BCUT2D eigenvalue weighted by molar-refractivity contribution is -0.413. The van der Waals surface area contributed by atoms with Crippen molar-refractivity contribution in [3.8, 4) is 0 Å². The van der Waals surface area contributed by atoms with Gasteiger partial charge in [0.05, 0.1) is 0 Å². The van der Waals surface area contributed by atoms with Gasteiger partial charge in [-0.05, 0) is 6.42 Å². The minimum Gasteiger partial charge on any atom is -0.203 e. The molecule has 0 fully saturated rings. The number of hydrogen-bond acceptors (Lipinski definition) is 0. The van der Waals surface area contributed by atoms with Crippen molar-refractivity contribution in [2.45, 2.75) is 94.3 Å². The van der Waals surface area contributed by atoms with Crippen LogP contribution in [0.15, 0.2) is 0 Å². The zero-order valence-electron chi connectivity index (χ0n) is 14.3. The average molecular weight is 428 g/mol. The van der Waals surface area contributed by atoms with Gasteiger partial charge in [0.2, 0.25) is 0 Å². The molecule has 0 spiro atoms. The summed E-state index contributed by atoms with van der Waals surface area (Å²) in [7, 11) is 0.